The summed E-state index contributed by atoms with van der Waals surface area (Å²) in [5.74, 6) is 1.17. The van der Waals surface area contributed by atoms with Gasteiger partial charge in [-0.25, -0.2) is 0 Å². The van der Waals surface area contributed by atoms with Gasteiger partial charge in [0.15, 0.2) is 0 Å². The van der Waals surface area contributed by atoms with Crippen LogP contribution in [0.15, 0.2) is 24.5 Å². The molecule has 0 fully saturated rings. The van der Waals surface area contributed by atoms with E-state index in [-0.39, 0.29) is 12.6 Å². The maximum absolute atomic E-state index is 9.47. The lowest BCUT2D eigenvalue weighted by Gasteiger charge is -2.29. The van der Waals surface area contributed by atoms with Crippen LogP contribution in [0.5, 0.6) is 0 Å². The Hall–Kier alpha value is -0.580. The fourth-order valence-electron chi connectivity index (χ4n) is 2.03. The number of thioether (sulfide) groups is 1. The molecule has 0 aliphatic rings. The van der Waals surface area contributed by atoms with Gasteiger partial charge in [-0.05, 0) is 43.0 Å². The maximum Gasteiger partial charge on any atom is 0.0586 e. The van der Waals surface area contributed by atoms with Gasteiger partial charge in [-0.15, -0.1) is 0 Å². The highest BCUT2D eigenvalue weighted by Gasteiger charge is 2.15. The fourth-order valence-corrected chi connectivity index (χ4v) is 2.45. The van der Waals surface area contributed by atoms with Crippen molar-refractivity contribution in [2.45, 2.75) is 32.4 Å². The van der Waals surface area contributed by atoms with Gasteiger partial charge in [0, 0.05) is 25.0 Å². The lowest BCUT2D eigenvalue weighted by Crippen LogP contribution is -2.38. The van der Waals surface area contributed by atoms with Gasteiger partial charge in [0.05, 0.1) is 6.61 Å². The number of pyridine rings is 1. The molecule has 3 nitrogen and oxygen atoms in total. The number of aliphatic hydroxyl groups excluding tert-OH is 1. The second kappa shape index (κ2) is 9.36. The van der Waals surface area contributed by atoms with Crippen molar-refractivity contribution in [2.75, 3.05) is 25.2 Å². The zero-order chi connectivity index (χ0) is 13.2. The summed E-state index contributed by atoms with van der Waals surface area (Å²) in [6.45, 7) is 4.28. The highest BCUT2D eigenvalue weighted by Crippen LogP contribution is 2.11. The van der Waals surface area contributed by atoms with Crippen LogP contribution in [0.2, 0.25) is 0 Å². The quantitative estimate of drug-likeness (QED) is 0.698. The largest absolute Gasteiger partial charge is 0.395 e. The van der Waals surface area contributed by atoms with Crippen LogP contribution in [0.4, 0.5) is 0 Å². The highest BCUT2D eigenvalue weighted by atomic mass is 32.2. The minimum absolute atomic E-state index is 0.232. The molecule has 4 heteroatoms. The van der Waals surface area contributed by atoms with Gasteiger partial charge in [-0.3, -0.25) is 9.88 Å². The number of nitrogens with zero attached hydrogens (tertiary/aromatic N) is 2. The summed E-state index contributed by atoms with van der Waals surface area (Å²) in [6, 6.07) is 4.32. The van der Waals surface area contributed by atoms with E-state index < -0.39 is 0 Å². The standard InChI is InChI=1S/C14H24N2OS/c1-3-14(12-17)16(8-5-9-18-2)11-13-6-4-7-15-10-13/h4,6-7,10,14,17H,3,5,8-9,11-12H2,1-2H3. The summed E-state index contributed by atoms with van der Waals surface area (Å²) in [4.78, 5) is 6.52. The topological polar surface area (TPSA) is 36.4 Å². The molecule has 0 bridgehead atoms. The van der Waals surface area contributed by atoms with Crippen LogP contribution in [-0.4, -0.2) is 46.2 Å². The molecule has 102 valence electrons. The van der Waals surface area contributed by atoms with E-state index in [9.17, 15) is 5.11 Å². The number of aliphatic hydroxyl groups is 1. The van der Waals surface area contributed by atoms with E-state index in [0.717, 1.165) is 25.9 Å². The van der Waals surface area contributed by atoms with Crippen LogP contribution in [0, 0.1) is 0 Å². The minimum Gasteiger partial charge on any atom is -0.395 e. The smallest absolute Gasteiger partial charge is 0.0586 e. The normalized spacial score (nSPS) is 12.9. The first-order valence-electron chi connectivity index (χ1n) is 6.54. The van der Waals surface area contributed by atoms with E-state index in [1.165, 1.54) is 11.3 Å². The summed E-state index contributed by atoms with van der Waals surface area (Å²) < 4.78 is 0. The average Bonchev–Trinajstić information content (AvgIpc) is 2.41. The van der Waals surface area contributed by atoms with Crippen LogP contribution in [0.25, 0.3) is 0 Å². The Morgan fingerprint density at radius 2 is 2.33 bits per heavy atom. The van der Waals surface area contributed by atoms with Crippen molar-refractivity contribution in [1.82, 2.24) is 9.88 Å². The molecule has 1 rings (SSSR count). The Bertz CT molecular complexity index is 304. The third kappa shape index (κ3) is 5.38. The molecule has 0 aromatic carbocycles. The molecule has 0 saturated heterocycles. The van der Waals surface area contributed by atoms with Crippen LogP contribution in [0.3, 0.4) is 0 Å². The van der Waals surface area contributed by atoms with E-state index >= 15 is 0 Å². The molecule has 0 saturated carbocycles. The summed E-state index contributed by atoms with van der Waals surface area (Å²) in [6.07, 6.45) is 7.99. The molecule has 1 heterocycles. The molecule has 1 N–H and O–H groups in total. The Balaban J connectivity index is 2.58. The Morgan fingerprint density at radius 1 is 1.50 bits per heavy atom. The monoisotopic (exact) mass is 268 g/mol. The molecule has 1 atom stereocenters. The Labute approximate surface area is 115 Å². The van der Waals surface area contributed by atoms with Gasteiger partial charge in [0.1, 0.15) is 0 Å². The Kier molecular flexibility index (Phi) is 8.05. The molecule has 1 aromatic heterocycles. The molecule has 0 amide bonds. The highest BCUT2D eigenvalue weighted by molar-refractivity contribution is 7.98. The van der Waals surface area contributed by atoms with Crippen LogP contribution in [0.1, 0.15) is 25.3 Å². The molecule has 18 heavy (non-hydrogen) atoms. The van der Waals surface area contributed by atoms with Gasteiger partial charge < -0.3 is 5.11 Å². The number of hydrogen-bond donors (Lipinski definition) is 1. The van der Waals surface area contributed by atoms with Crippen LogP contribution < -0.4 is 0 Å². The van der Waals surface area contributed by atoms with Gasteiger partial charge in [0.25, 0.3) is 0 Å². The fraction of sp³-hybridized carbons (Fsp3) is 0.643. The molecule has 0 spiro atoms. The maximum atomic E-state index is 9.47. The molecular weight excluding hydrogens is 244 g/mol. The lowest BCUT2D eigenvalue weighted by atomic mass is 10.1. The first-order chi connectivity index (χ1) is 8.81. The zero-order valence-corrected chi connectivity index (χ0v) is 12.2. The number of rotatable bonds is 9. The molecular formula is C14H24N2OS. The van der Waals surface area contributed by atoms with E-state index in [2.05, 4.69) is 29.1 Å². The van der Waals surface area contributed by atoms with Crippen LogP contribution in [-0.2, 0) is 6.54 Å². The summed E-state index contributed by atoms with van der Waals surface area (Å²) in [5, 5.41) is 9.47. The van der Waals surface area contributed by atoms with Crippen molar-refractivity contribution in [1.29, 1.82) is 0 Å². The van der Waals surface area contributed by atoms with Gasteiger partial charge >= 0.3 is 0 Å². The first kappa shape index (κ1) is 15.5. The predicted molar refractivity (Wildman–Crippen MR) is 78.8 cm³/mol. The van der Waals surface area contributed by atoms with Crippen molar-refractivity contribution >= 4 is 11.8 Å². The Morgan fingerprint density at radius 3 is 2.89 bits per heavy atom. The second-order valence-corrected chi connectivity index (χ2v) is 5.41. The summed E-state index contributed by atoms with van der Waals surface area (Å²) in [5.41, 5.74) is 1.22. The lowest BCUT2D eigenvalue weighted by molar-refractivity contribution is 0.113. The molecule has 0 aliphatic heterocycles. The van der Waals surface area contributed by atoms with E-state index in [4.69, 9.17) is 0 Å². The van der Waals surface area contributed by atoms with Crippen molar-refractivity contribution in [3.63, 3.8) is 0 Å². The van der Waals surface area contributed by atoms with E-state index in [1.54, 1.807) is 6.20 Å². The van der Waals surface area contributed by atoms with E-state index in [0.29, 0.717) is 0 Å². The van der Waals surface area contributed by atoms with Crippen molar-refractivity contribution < 1.29 is 5.11 Å². The van der Waals surface area contributed by atoms with Crippen molar-refractivity contribution in [3.8, 4) is 0 Å². The average molecular weight is 268 g/mol. The SMILES string of the molecule is CCC(CO)N(CCCSC)Cc1cccnc1. The van der Waals surface area contributed by atoms with Crippen LogP contribution >= 0.6 is 11.8 Å². The first-order valence-corrected chi connectivity index (χ1v) is 7.94. The summed E-state index contributed by atoms with van der Waals surface area (Å²) in [7, 11) is 0. The molecule has 0 aliphatic carbocycles. The van der Waals surface area contributed by atoms with Gasteiger partial charge in [-0.2, -0.15) is 11.8 Å². The number of aromatic nitrogens is 1. The zero-order valence-electron chi connectivity index (χ0n) is 11.4. The van der Waals surface area contributed by atoms with E-state index in [1.807, 2.05) is 24.0 Å². The molecule has 1 unspecified atom stereocenters. The second-order valence-electron chi connectivity index (χ2n) is 4.42. The van der Waals surface area contributed by atoms with Crippen molar-refractivity contribution in [2.24, 2.45) is 0 Å². The van der Waals surface area contributed by atoms with Gasteiger partial charge in [0.2, 0.25) is 0 Å². The third-order valence-electron chi connectivity index (χ3n) is 3.10. The number of hydrogen-bond acceptors (Lipinski definition) is 4. The third-order valence-corrected chi connectivity index (χ3v) is 3.80. The predicted octanol–water partition coefficient (Wildman–Crippen LogP) is 2.41. The summed E-state index contributed by atoms with van der Waals surface area (Å²) >= 11 is 1.88. The van der Waals surface area contributed by atoms with Gasteiger partial charge in [-0.1, -0.05) is 13.0 Å². The minimum atomic E-state index is 0.232. The molecule has 0 radical (unpaired) electrons. The molecule has 1 aromatic rings. The van der Waals surface area contributed by atoms with Crippen molar-refractivity contribution in [3.05, 3.63) is 30.1 Å².